The Kier molecular flexibility index (Phi) is 4.95. The monoisotopic (exact) mass is 334 g/mol. The van der Waals surface area contributed by atoms with Crippen LogP contribution in [0.4, 0.5) is 0 Å². The number of ether oxygens (including phenoxy) is 2. The number of rotatable bonds is 5. The zero-order chi connectivity index (χ0) is 17.6. The number of methoxy groups -OCH3 is 2. The largest absolute Gasteiger partial charge is 0.497 e. The first-order valence-electron chi connectivity index (χ1n) is 7.77. The molecule has 0 amide bonds. The Balaban J connectivity index is 2.05. The summed E-state index contributed by atoms with van der Waals surface area (Å²) in [5, 5.41) is 4.68. The average molecular weight is 334 g/mol. The van der Waals surface area contributed by atoms with Crippen LogP contribution in [-0.2, 0) is 9.53 Å². The Morgan fingerprint density at radius 1 is 1.04 bits per heavy atom. The summed E-state index contributed by atoms with van der Waals surface area (Å²) in [4.78, 5) is 11.4. The van der Waals surface area contributed by atoms with Gasteiger partial charge in [0.25, 0.3) is 0 Å². The minimum atomic E-state index is -0.409. The van der Waals surface area contributed by atoms with Crippen molar-refractivity contribution in [2.75, 3.05) is 14.2 Å². The second-order valence-electron chi connectivity index (χ2n) is 5.30. The molecule has 1 heterocycles. The SMILES string of the molecule is COC(=O)/C=C/c1cn(-c2ccccc2)nc1-c1ccc(OC)cc1. The summed E-state index contributed by atoms with van der Waals surface area (Å²) in [7, 11) is 2.98. The molecule has 0 spiro atoms. The number of hydrogen-bond donors (Lipinski definition) is 0. The molecule has 0 bridgehead atoms. The molecular weight excluding hydrogens is 316 g/mol. The fourth-order valence-corrected chi connectivity index (χ4v) is 2.42. The highest BCUT2D eigenvalue weighted by atomic mass is 16.5. The smallest absolute Gasteiger partial charge is 0.330 e. The fraction of sp³-hybridized carbons (Fsp3) is 0.100. The molecule has 5 nitrogen and oxygen atoms in total. The van der Waals surface area contributed by atoms with Crippen molar-refractivity contribution < 1.29 is 14.3 Å². The number of nitrogens with zero attached hydrogens (tertiary/aromatic N) is 2. The van der Waals surface area contributed by atoms with Gasteiger partial charge in [0, 0.05) is 23.4 Å². The molecule has 3 rings (SSSR count). The highest BCUT2D eigenvalue weighted by Crippen LogP contribution is 2.26. The third-order valence-electron chi connectivity index (χ3n) is 3.73. The van der Waals surface area contributed by atoms with Gasteiger partial charge in [-0.15, -0.1) is 0 Å². The van der Waals surface area contributed by atoms with Crippen molar-refractivity contribution in [2.45, 2.75) is 0 Å². The van der Waals surface area contributed by atoms with Crippen LogP contribution < -0.4 is 4.74 Å². The zero-order valence-electron chi connectivity index (χ0n) is 14.0. The second kappa shape index (κ2) is 7.49. The van der Waals surface area contributed by atoms with Crippen LogP contribution in [0.25, 0.3) is 23.0 Å². The van der Waals surface area contributed by atoms with Gasteiger partial charge in [0.2, 0.25) is 0 Å². The highest BCUT2D eigenvalue weighted by molar-refractivity contribution is 5.88. The number of para-hydroxylation sites is 1. The van der Waals surface area contributed by atoms with E-state index in [4.69, 9.17) is 4.74 Å². The van der Waals surface area contributed by atoms with E-state index in [-0.39, 0.29) is 0 Å². The van der Waals surface area contributed by atoms with Crippen molar-refractivity contribution in [1.82, 2.24) is 9.78 Å². The molecule has 0 fully saturated rings. The van der Waals surface area contributed by atoms with Crippen LogP contribution in [0.3, 0.4) is 0 Å². The van der Waals surface area contributed by atoms with Crippen molar-refractivity contribution in [2.24, 2.45) is 0 Å². The van der Waals surface area contributed by atoms with E-state index in [9.17, 15) is 4.79 Å². The van der Waals surface area contributed by atoms with Crippen molar-refractivity contribution in [3.8, 4) is 22.7 Å². The van der Waals surface area contributed by atoms with Crippen LogP contribution in [0.15, 0.2) is 66.9 Å². The second-order valence-corrected chi connectivity index (χ2v) is 5.30. The Hall–Kier alpha value is -3.34. The van der Waals surface area contributed by atoms with E-state index in [1.165, 1.54) is 13.2 Å². The number of benzene rings is 2. The summed E-state index contributed by atoms with van der Waals surface area (Å²) in [6.45, 7) is 0. The number of aromatic nitrogens is 2. The van der Waals surface area contributed by atoms with Crippen molar-refractivity contribution in [3.63, 3.8) is 0 Å². The van der Waals surface area contributed by atoms with Gasteiger partial charge in [0.05, 0.1) is 25.6 Å². The van der Waals surface area contributed by atoms with E-state index in [1.807, 2.05) is 60.8 Å². The number of carbonyl (C=O) groups excluding carboxylic acids is 1. The average Bonchev–Trinajstić information content (AvgIpc) is 3.11. The van der Waals surface area contributed by atoms with E-state index in [2.05, 4.69) is 9.84 Å². The first-order chi connectivity index (χ1) is 12.2. The van der Waals surface area contributed by atoms with E-state index in [0.29, 0.717) is 0 Å². The molecule has 2 aromatic carbocycles. The predicted molar refractivity (Wildman–Crippen MR) is 96.6 cm³/mol. The maximum atomic E-state index is 11.4. The molecule has 0 radical (unpaired) electrons. The molecular formula is C20H18N2O3. The molecule has 0 atom stereocenters. The Morgan fingerprint density at radius 3 is 2.40 bits per heavy atom. The molecule has 126 valence electrons. The lowest BCUT2D eigenvalue weighted by Gasteiger charge is -2.02. The summed E-state index contributed by atoms with van der Waals surface area (Å²) >= 11 is 0. The molecule has 25 heavy (non-hydrogen) atoms. The predicted octanol–water partition coefficient (Wildman–Crippen LogP) is 3.73. The summed E-state index contributed by atoms with van der Waals surface area (Å²) in [6, 6.07) is 17.4. The number of esters is 1. The summed E-state index contributed by atoms with van der Waals surface area (Å²) < 4.78 is 11.7. The Bertz CT molecular complexity index is 881. The standard InChI is InChI=1S/C20H18N2O3/c1-24-18-11-8-15(9-12-18)20-16(10-13-19(23)25-2)14-22(21-20)17-6-4-3-5-7-17/h3-14H,1-2H3/b13-10+. The molecule has 3 aromatic rings. The van der Waals surface area contributed by atoms with Gasteiger partial charge in [-0.1, -0.05) is 18.2 Å². The highest BCUT2D eigenvalue weighted by Gasteiger charge is 2.11. The van der Waals surface area contributed by atoms with Gasteiger partial charge in [-0.2, -0.15) is 5.10 Å². The van der Waals surface area contributed by atoms with Crippen molar-refractivity contribution in [1.29, 1.82) is 0 Å². The van der Waals surface area contributed by atoms with E-state index < -0.39 is 5.97 Å². The van der Waals surface area contributed by atoms with Gasteiger partial charge in [-0.3, -0.25) is 0 Å². The quantitative estimate of drug-likeness (QED) is 0.527. The molecule has 0 aliphatic carbocycles. The molecule has 0 aliphatic rings. The van der Waals surface area contributed by atoms with Crippen molar-refractivity contribution >= 4 is 12.0 Å². The summed E-state index contributed by atoms with van der Waals surface area (Å²) in [5.74, 6) is 0.367. The molecule has 0 N–H and O–H groups in total. The third kappa shape index (κ3) is 3.77. The zero-order valence-corrected chi connectivity index (χ0v) is 14.0. The molecule has 0 aliphatic heterocycles. The first kappa shape index (κ1) is 16.5. The van der Waals surface area contributed by atoms with Gasteiger partial charge < -0.3 is 9.47 Å². The van der Waals surface area contributed by atoms with Gasteiger partial charge >= 0.3 is 5.97 Å². The molecule has 0 unspecified atom stereocenters. The van der Waals surface area contributed by atoms with Crippen LogP contribution in [0, 0.1) is 0 Å². The lowest BCUT2D eigenvalue weighted by atomic mass is 10.1. The molecule has 1 aromatic heterocycles. The minimum absolute atomic E-state index is 0.409. The van der Waals surface area contributed by atoms with E-state index in [0.717, 1.165) is 28.3 Å². The fourth-order valence-electron chi connectivity index (χ4n) is 2.42. The topological polar surface area (TPSA) is 53.4 Å². The van der Waals surface area contributed by atoms with Gasteiger partial charge in [0.1, 0.15) is 5.75 Å². The lowest BCUT2D eigenvalue weighted by molar-refractivity contribution is -0.134. The van der Waals surface area contributed by atoms with Crippen LogP contribution in [0.1, 0.15) is 5.56 Å². The van der Waals surface area contributed by atoms with E-state index in [1.54, 1.807) is 17.9 Å². The van der Waals surface area contributed by atoms with Gasteiger partial charge in [-0.25, -0.2) is 9.48 Å². The molecule has 0 saturated carbocycles. The Labute approximate surface area is 146 Å². The van der Waals surface area contributed by atoms with Crippen molar-refractivity contribution in [3.05, 3.63) is 72.4 Å². The summed E-state index contributed by atoms with van der Waals surface area (Å²) in [5.41, 5.74) is 3.46. The Morgan fingerprint density at radius 2 is 1.76 bits per heavy atom. The first-order valence-corrected chi connectivity index (χ1v) is 7.77. The van der Waals surface area contributed by atoms with Crippen LogP contribution in [0.2, 0.25) is 0 Å². The molecule has 5 heteroatoms. The number of hydrogen-bond acceptors (Lipinski definition) is 4. The normalized spacial score (nSPS) is 10.8. The summed E-state index contributed by atoms with van der Waals surface area (Å²) in [6.07, 6.45) is 4.98. The van der Waals surface area contributed by atoms with Crippen LogP contribution in [-0.4, -0.2) is 30.0 Å². The van der Waals surface area contributed by atoms with Gasteiger partial charge in [0.15, 0.2) is 0 Å². The maximum absolute atomic E-state index is 11.4. The van der Waals surface area contributed by atoms with Crippen LogP contribution in [0.5, 0.6) is 5.75 Å². The van der Waals surface area contributed by atoms with E-state index >= 15 is 0 Å². The van der Waals surface area contributed by atoms with Crippen LogP contribution >= 0.6 is 0 Å². The lowest BCUT2D eigenvalue weighted by Crippen LogP contribution is -1.94. The third-order valence-corrected chi connectivity index (χ3v) is 3.73. The maximum Gasteiger partial charge on any atom is 0.330 e. The van der Waals surface area contributed by atoms with Gasteiger partial charge in [-0.05, 0) is 42.5 Å². The number of carbonyl (C=O) groups is 1. The molecule has 0 saturated heterocycles. The minimum Gasteiger partial charge on any atom is -0.497 e.